The summed E-state index contributed by atoms with van der Waals surface area (Å²) in [6.07, 6.45) is 3.47. The maximum atomic E-state index is 13.2. The first-order valence-corrected chi connectivity index (χ1v) is 13.5. The molecule has 2 aliphatic rings. The van der Waals surface area contributed by atoms with Gasteiger partial charge in [-0.05, 0) is 48.3 Å². The van der Waals surface area contributed by atoms with Crippen LogP contribution in [0.3, 0.4) is 0 Å². The van der Waals surface area contributed by atoms with E-state index in [1.165, 1.54) is 5.56 Å². The van der Waals surface area contributed by atoms with Gasteiger partial charge in [-0.1, -0.05) is 44.2 Å². The van der Waals surface area contributed by atoms with Gasteiger partial charge in [-0.3, -0.25) is 4.79 Å². The van der Waals surface area contributed by atoms with E-state index < -0.39 is 11.5 Å². The second-order valence-corrected chi connectivity index (χ2v) is 11.8. The van der Waals surface area contributed by atoms with Crippen LogP contribution in [0.25, 0.3) is 0 Å². The number of hydrogen-bond donors (Lipinski definition) is 4. The predicted molar refractivity (Wildman–Crippen MR) is 140 cm³/mol. The van der Waals surface area contributed by atoms with Gasteiger partial charge in [0.15, 0.2) is 5.13 Å². The minimum Gasteiger partial charge on any atom is -0.467 e. The lowest BCUT2D eigenvalue weighted by Gasteiger charge is -2.58. The highest BCUT2D eigenvalue weighted by Gasteiger charge is 2.59. The second-order valence-electron chi connectivity index (χ2n) is 10.8. The van der Waals surface area contributed by atoms with E-state index in [0.717, 1.165) is 28.5 Å². The fraction of sp³-hybridized carbons (Fsp3) is 0.500. The van der Waals surface area contributed by atoms with Gasteiger partial charge in [0.1, 0.15) is 5.76 Å². The van der Waals surface area contributed by atoms with Crippen molar-refractivity contribution in [3.8, 4) is 0 Å². The quantitative estimate of drug-likeness (QED) is 0.357. The minimum atomic E-state index is -0.630. The molecule has 0 aliphatic heterocycles. The number of carbonyl (C=O) groups is 1. The molecule has 1 saturated carbocycles. The van der Waals surface area contributed by atoms with Crippen LogP contribution in [0.1, 0.15) is 60.9 Å². The number of fused-ring (bicyclic) bond motifs is 2. The van der Waals surface area contributed by atoms with E-state index in [4.69, 9.17) is 9.40 Å². The summed E-state index contributed by atoms with van der Waals surface area (Å²) >= 11 is 1.63. The van der Waals surface area contributed by atoms with Gasteiger partial charge in [-0.2, -0.15) is 0 Å². The largest absolute Gasteiger partial charge is 0.467 e. The Morgan fingerprint density at radius 2 is 2.00 bits per heavy atom. The average molecular weight is 510 g/mol. The molecule has 0 radical (unpaired) electrons. The topological polar surface area (TPSA) is 108 Å². The van der Waals surface area contributed by atoms with Crippen molar-refractivity contribution in [2.24, 2.45) is 16.7 Å². The number of carbonyl (C=O) groups excluding carboxylic acids is 1. The number of aliphatic hydroxyl groups is 2. The number of benzene rings is 1. The molecule has 0 saturated heterocycles. The molecule has 2 aliphatic carbocycles. The summed E-state index contributed by atoms with van der Waals surface area (Å²) in [4.78, 5) is 19.3. The Balaban J connectivity index is 1.43. The van der Waals surface area contributed by atoms with Gasteiger partial charge in [0.2, 0.25) is 5.91 Å². The number of amides is 1. The van der Waals surface area contributed by atoms with Gasteiger partial charge < -0.3 is 25.3 Å². The van der Waals surface area contributed by atoms with Crippen molar-refractivity contribution in [3.05, 3.63) is 70.6 Å². The Morgan fingerprint density at radius 3 is 2.72 bits per heavy atom. The SMILES string of the molecule is CC1(CO)C(O)CCC2(C)C(CC(=O)NCc3ccco3)c3nc(NCc4ccccc4)sc3CC12. The lowest BCUT2D eigenvalue weighted by atomic mass is 9.47. The molecule has 5 unspecified atom stereocenters. The number of nitrogens with one attached hydrogen (secondary N) is 2. The number of thiazole rings is 1. The van der Waals surface area contributed by atoms with E-state index in [9.17, 15) is 15.0 Å². The van der Waals surface area contributed by atoms with E-state index >= 15 is 0 Å². The first kappa shape index (κ1) is 25.0. The minimum absolute atomic E-state index is 0.0385. The van der Waals surface area contributed by atoms with Crippen molar-refractivity contribution >= 4 is 22.4 Å². The molecule has 2 heterocycles. The number of furan rings is 1. The summed E-state index contributed by atoms with van der Waals surface area (Å²) in [5, 5.41) is 28.7. The molecule has 3 aromatic rings. The van der Waals surface area contributed by atoms with E-state index in [-0.39, 0.29) is 29.8 Å². The second kappa shape index (κ2) is 10.00. The lowest BCUT2D eigenvalue weighted by molar-refractivity contribution is -0.144. The van der Waals surface area contributed by atoms with Crippen LogP contribution in [0, 0.1) is 16.7 Å². The molecule has 0 spiro atoms. The zero-order valence-corrected chi connectivity index (χ0v) is 21.7. The third-order valence-electron chi connectivity index (χ3n) is 8.61. The monoisotopic (exact) mass is 509 g/mol. The van der Waals surface area contributed by atoms with Crippen molar-refractivity contribution in [1.82, 2.24) is 10.3 Å². The maximum Gasteiger partial charge on any atom is 0.221 e. The van der Waals surface area contributed by atoms with Crippen molar-refractivity contribution in [2.75, 3.05) is 11.9 Å². The summed E-state index contributed by atoms with van der Waals surface area (Å²) in [6, 6.07) is 13.9. The van der Waals surface area contributed by atoms with Gasteiger partial charge in [-0.15, -0.1) is 11.3 Å². The molecule has 5 atom stereocenters. The third-order valence-corrected chi connectivity index (χ3v) is 9.66. The molecule has 1 aromatic carbocycles. The number of anilines is 1. The number of nitrogens with zero attached hydrogens (tertiary/aromatic N) is 1. The fourth-order valence-corrected chi connectivity index (χ4v) is 7.42. The first-order valence-electron chi connectivity index (χ1n) is 12.7. The molecule has 192 valence electrons. The standard InChI is InChI=1S/C28H35N3O4S/c1-27-11-10-23(33)28(2,17-32)22(27)14-21-25(20(27)13-24(34)29-16-19-9-6-12-35-19)31-26(36-21)30-15-18-7-4-3-5-8-18/h3-9,12,20,22-23,32-33H,10-11,13-17H2,1-2H3,(H,29,34)(H,30,31). The van der Waals surface area contributed by atoms with Crippen LogP contribution in [0.5, 0.6) is 0 Å². The molecule has 8 heteroatoms. The molecular weight excluding hydrogens is 474 g/mol. The maximum absolute atomic E-state index is 13.2. The van der Waals surface area contributed by atoms with Crippen LogP contribution >= 0.6 is 11.3 Å². The zero-order valence-electron chi connectivity index (χ0n) is 20.9. The normalized spacial score (nSPS) is 29.3. The Morgan fingerprint density at radius 1 is 1.19 bits per heavy atom. The van der Waals surface area contributed by atoms with Crippen molar-refractivity contribution < 1.29 is 19.4 Å². The number of rotatable bonds is 8. The molecule has 2 aromatic heterocycles. The highest BCUT2D eigenvalue weighted by molar-refractivity contribution is 7.15. The van der Waals surface area contributed by atoms with E-state index in [1.807, 2.05) is 37.3 Å². The van der Waals surface area contributed by atoms with Crippen LogP contribution in [0.15, 0.2) is 53.1 Å². The fourth-order valence-electron chi connectivity index (χ4n) is 6.35. The molecule has 7 nitrogen and oxygen atoms in total. The smallest absolute Gasteiger partial charge is 0.221 e. The Kier molecular flexibility index (Phi) is 6.94. The number of aromatic nitrogens is 1. The zero-order chi connectivity index (χ0) is 25.3. The Hall–Kier alpha value is -2.68. The van der Waals surface area contributed by atoms with Crippen LogP contribution in [-0.4, -0.2) is 33.8 Å². The van der Waals surface area contributed by atoms with Gasteiger partial charge in [0, 0.05) is 29.2 Å². The average Bonchev–Trinajstić information content (AvgIpc) is 3.56. The van der Waals surface area contributed by atoms with Crippen LogP contribution in [0.2, 0.25) is 0 Å². The van der Waals surface area contributed by atoms with E-state index in [0.29, 0.717) is 31.7 Å². The van der Waals surface area contributed by atoms with Crippen LogP contribution in [-0.2, 0) is 24.3 Å². The van der Waals surface area contributed by atoms with E-state index in [1.54, 1.807) is 17.6 Å². The summed E-state index contributed by atoms with van der Waals surface area (Å²) in [5.41, 5.74) is 1.27. The third kappa shape index (κ3) is 4.58. The van der Waals surface area contributed by atoms with Crippen LogP contribution < -0.4 is 10.6 Å². The van der Waals surface area contributed by atoms with Gasteiger partial charge in [-0.25, -0.2) is 4.98 Å². The first-order chi connectivity index (χ1) is 17.3. The molecular formula is C28H35N3O4S. The summed E-state index contributed by atoms with van der Waals surface area (Å²) in [5.74, 6) is 0.598. The van der Waals surface area contributed by atoms with Gasteiger partial charge in [0.25, 0.3) is 0 Å². The van der Waals surface area contributed by atoms with Crippen molar-refractivity contribution in [1.29, 1.82) is 0 Å². The molecule has 1 amide bonds. The summed E-state index contributed by atoms with van der Waals surface area (Å²) in [6.45, 7) is 5.16. The number of aliphatic hydroxyl groups excluding tert-OH is 2. The molecule has 36 heavy (non-hydrogen) atoms. The van der Waals surface area contributed by atoms with Crippen molar-refractivity contribution in [2.45, 2.75) is 64.6 Å². The van der Waals surface area contributed by atoms with Crippen LogP contribution in [0.4, 0.5) is 5.13 Å². The Labute approximate surface area is 216 Å². The number of hydrogen-bond acceptors (Lipinski definition) is 7. The highest BCUT2D eigenvalue weighted by Crippen LogP contribution is 2.62. The molecule has 5 rings (SSSR count). The van der Waals surface area contributed by atoms with Gasteiger partial charge >= 0.3 is 0 Å². The molecule has 4 N–H and O–H groups in total. The molecule has 0 bridgehead atoms. The van der Waals surface area contributed by atoms with Gasteiger partial charge in [0.05, 0.1) is 31.2 Å². The van der Waals surface area contributed by atoms with Crippen molar-refractivity contribution in [3.63, 3.8) is 0 Å². The summed E-state index contributed by atoms with van der Waals surface area (Å²) in [7, 11) is 0. The predicted octanol–water partition coefficient (Wildman–Crippen LogP) is 4.47. The lowest BCUT2D eigenvalue weighted by Crippen LogP contribution is -2.57. The Bertz CT molecular complexity index is 1180. The van der Waals surface area contributed by atoms with E-state index in [2.05, 4.69) is 29.7 Å². The summed E-state index contributed by atoms with van der Waals surface area (Å²) < 4.78 is 5.37. The highest BCUT2D eigenvalue weighted by atomic mass is 32.1. The molecule has 1 fully saturated rings.